The van der Waals surface area contributed by atoms with Gasteiger partial charge in [0.15, 0.2) is 0 Å². The fourth-order valence-corrected chi connectivity index (χ4v) is 2.51. The second-order valence-corrected chi connectivity index (χ2v) is 6.93. The molecule has 3 N–H and O–H groups in total. The molecule has 0 bridgehead atoms. The largest absolute Gasteiger partial charge is 0.388 e. The lowest BCUT2D eigenvalue weighted by atomic mass is 10.1. The molecule has 6 nitrogen and oxygen atoms in total. The fraction of sp³-hybridized carbons (Fsp3) is 1.00. The van der Waals surface area contributed by atoms with Crippen LogP contribution >= 0.6 is 6.72 Å². The van der Waals surface area contributed by atoms with Crippen LogP contribution in [0, 0.1) is 0 Å². The molecule has 0 saturated carbocycles. The number of ether oxygens (including phenoxy) is 2. The number of aliphatic hydroxyl groups is 1. The first-order valence-corrected chi connectivity index (χ1v) is 8.02. The Labute approximate surface area is 106 Å². The Bertz CT molecular complexity index is 293. The van der Waals surface area contributed by atoms with Crippen molar-refractivity contribution < 1.29 is 28.9 Å². The van der Waals surface area contributed by atoms with E-state index < -0.39 is 31.1 Å². The monoisotopic (exact) mass is 286 g/mol. The van der Waals surface area contributed by atoms with Crippen molar-refractivity contribution in [2.24, 2.45) is 0 Å². The molecule has 1 aliphatic heterocycles. The van der Waals surface area contributed by atoms with Gasteiger partial charge in [-0.05, 0) is 32.6 Å². The van der Waals surface area contributed by atoms with Crippen molar-refractivity contribution in [3.05, 3.63) is 0 Å². The summed E-state index contributed by atoms with van der Waals surface area (Å²) in [5.41, 5.74) is 0. The van der Waals surface area contributed by atoms with E-state index in [-0.39, 0.29) is 12.7 Å². The minimum absolute atomic E-state index is 0.0126. The summed E-state index contributed by atoms with van der Waals surface area (Å²) in [4.78, 5) is 18.3. The van der Waals surface area contributed by atoms with Gasteiger partial charge in [-0.2, -0.15) is 0 Å². The molecule has 1 aliphatic rings. The molecule has 0 aromatic carbocycles. The van der Waals surface area contributed by atoms with Gasteiger partial charge >= 0.3 is 6.72 Å². The molecule has 4 atom stereocenters. The van der Waals surface area contributed by atoms with Crippen molar-refractivity contribution in [1.29, 1.82) is 0 Å². The van der Waals surface area contributed by atoms with E-state index >= 15 is 0 Å². The smallest absolute Gasteiger partial charge is 0.322 e. The van der Waals surface area contributed by atoms with Crippen LogP contribution in [0.3, 0.4) is 0 Å². The highest BCUT2D eigenvalue weighted by Crippen LogP contribution is 2.42. The molecule has 1 unspecified atom stereocenters. The molecule has 0 aromatic heterocycles. The van der Waals surface area contributed by atoms with E-state index in [1.54, 1.807) is 6.92 Å². The van der Waals surface area contributed by atoms with Crippen LogP contribution in [0.1, 0.15) is 20.8 Å². The Morgan fingerprint density at radius 1 is 1.41 bits per heavy atom. The lowest BCUT2D eigenvalue weighted by molar-refractivity contribution is -0.0521. The third kappa shape index (κ3) is 4.89. The molecule has 102 valence electrons. The quantitative estimate of drug-likeness (QED) is 0.620. The molecule has 1 heterocycles. The summed E-state index contributed by atoms with van der Waals surface area (Å²) in [6.45, 7) is 1.79. The SMILES string of the molecule is CC(C)OC[C@H]1O[C@@H](C)C(O)[C@H]1OP(O)(O)=S. The number of hydrogen-bond donors (Lipinski definition) is 3. The van der Waals surface area contributed by atoms with Gasteiger partial charge in [0.2, 0.25) is 0 Å². The van der Waals surface area contributed by atoms with Crippen molar-refractivity contribution >= 4 is 18.5 Å². The zero-order valence-corrected chi connectivity index (χ0v) is 11.7. The highest BCUT2D eigenvalue weighted by molar-refractivity contribution is 8.06. The molecule has 0 aliphatic carbocycles. The van der Waals surface area contributed by atoms with Crippen LogP contribution in [0.4, 0.5) is 0 Å². The first-order chi connectivity index (χ1) is 7.70. The van der Waals surface area contributed by atoms with Crippen LogP contribution in [0.25, 0.3) is 0 Å². The van der Waals surface area contributed by atoms with Crippen molar-refractivity contribution in [3.63, 3.8) is 0 Å². The van der Waals surface area contributed by atoms with Gasteiger partial charge in [0.05, 0.1) is 18.8 Å². The standard InChI is InChI=1S/C9H19O6PS/c1-5(2)13-4-7-9(15-16(11,12)17)8(10)6(3)14-7/h5-10H,4H2,1-3H3,(H2,11,12,17)/t6-,7+,8?,9-/m0/s1. The Balaban J connectivity index is 2.64. The van der Waals surface area contributed by atoms with Gasteiger partial charge in [-0.1, -0.05) is 0 Å². The molecule has 0 spiro atoms. The number of hydrogen-bond acceptors (Lipinski definition) is 5. The average molecular weight is 286 g/mol. The topological polar surface area (TPSA) is 88.4 Å². The van der Waals surface area contributed by atoms with Gasteiger partial charge in [-0.25, -0.2) is 0 Å². The van der Waals surface area contributed by atoms with E-state index in [2.05, 4.69) is 11.8 Å². The molecule has 1 rings (SSSR count). The van der Waals surface area contributed by atoms with Gasteiger partial charge in [-0.3, -0.25) is 4.52 Å². The maximum absolute atomic E-state index is 9.80. The predicted molar refractivity (Wildman–Crippen MR) is 65.0 cm³/mol. The molecule has 17 heavy (non-hydrogen) atoms. The van der Waals surface area contributed by atoms with Crippen LogP contribution in [0.2, 0.25) is 0 Å². The molecule has 0 aromatic rings. The summed E-state index contributed by atoms with van der Waals surface area (Å²) in [7, 11) is 0. The average Bonchev–Trinajstić information content (AvgIpc) is 2.40. The summed E-state index contributed by atoms with van der Waals surface area (Å²) >= 11 is 4.39. The van der Waals surface area contributed by atoms with Gasteiger partial charge in [0, 0.05) is 0 Å². The van der Waals surface area contributed by atoms with Crippen LogP contribution in [0.15, 0.2) is 0 Å². The zero-order valence-electron chi connectivity index (χ0n) is 10.0. The third-order valence-electron chi connectivity index (χ3n) is 2.43. The van der Waals surface area contributed by atoms with Gasteiger partial charge in [0.25, 0.3) is 0 Å². The summed E-state index contributed by atoms with van der Waals surface area (Å²) in [5.74, 6) is 0. The van der Waals surface area contributed by atoms with Crippen LogP contribution in [-0.2, 0) is 25.8 Å². The molecule has 1 saturated heterocycles. The molecule has 0 radical (unpaired) electrons. The van der Waals surface area contributed by atoms with Crippen molar-refractivity contribution in [3.8, 4) is 0 Å². The lowest BCUT2D eigenvalue weighted by Crippen LogP contribution is -2.36. The van der Waals surface area contributed by atoms with E-state index in [0.717, 1.165) is 0 Å². The summed E-state index contributed by atoms with van der Waals surface area (Å²) in [5, 5.41) is 9.80. The van der Waals surface area contributed by atoms with E-state index in [9.17, 15) is 5.11 Å². The summed E-state index contributed by atoms with van der Waals surface area (Å²) in [6.07, 6.45) is -2.81. The normalized spacial score (nSPS) is 34.5. The molecule has 8 heteroatoms. The summed E-state index contributed by atoms with van der Waals surface area (Å²) < 4.78 is 15.7. The maximum Gasteiger partial charge on any atom is 0.322 e. The molecular formula is C9H19O6PS. The van der Waals surface area contributed by atoms with E-state index in [1.807, 2.05) is 13.8 Å². The second-order valence-electron chi connectivity index (χ2n) is 4.31. The van der Waals surface area contributed by atoms with Crippen LogP contribution in [0.5, 0.6) is 0 Å². The van der Waals surface area contributed by atoms with Gasteiger partial charge < -0.3 is 24.4 Å². The Morgan fingerprint density at radius 3 is 2.47 bits per heavy atom. The van der Waals surface area contributed by atoms with Gasteiger partial charge in [-0.15, -0.1) is 0 Å². The maximum atomic E-state index is 9.80. The zero-order chi connectivity index (χ0) is 13.2. The molecular weight excluding hydrogens is 267 g/mol. The second kappa shape index (κ2) is 6.04. The van der Waals surface area contributed by atoms with Crippen LogP contribution in [-0.4, -0.2) is 52.0 Å². The number of aliphatic hydroxyl groups excluding tert-OH is 1. The van der Waals surface area contributed by atoms with E-state index in [1.165, 1.54) is 0 Å². The van der Waals surface area contributed by atoms with Crippen molar-refractivity contribution in [2.75, 3.05) is 6.61 Å². The number of rotatable bonds is 5. The van der Waals surface area contributed by atoms with Crippen molar-refractivity contribution in [1.82, 2.24) is 0 Å². The van der Waals surface area contributed by atoms with E-state index in [4.69, 9.17) is 23.8 Å². The molecule has 0 amide bonds. The Kier molecular flexibility index (Phi) is 5.49. The highest BCUT2D eigenvalue weighted by atomic mass is 32.5. The first-order valence-electron chi connectivity index (χ1n) is 5.40. The highest BCUT2D eigenvalue weighted by Gasteiger charge is 2.44. The first kappa shape index (κ1) is 15.5. The fourth-order valence-electron chi connectivity index (χ4n) is 1.63. The van der Waals surface area contributed by atoms with Gasteiger partial charge in [0.1, 0.15) is 18.3 Å². The minimum Gasteiger partial charge on any atom is -0.388 e. The Morgan fingerprint density at radius 2 is 2.00 bits per heavy atom. The van der Waals surface area contributed by atoms with Crippen molar-refractivity contribution in [2.45, 2.75) is 51.3 Å². The third-order valence-corrected chi connectivity index (χ3v) is 3.20. The minimum atomic E-state index is -3.83. The summed E-state index contributed by atoms with van der Waals surface area (Å²) in [6, 6.07) is 0. The predicted octanol–water partition coefficient (Wildman–Crippen LogP) is 0.154. The van der Waals surface area contributed by atoms with Crippen LogP contribution < -0.4 is 0 Å². The lowest BCUT2D eigenvalue weighted by Gasteiger charge is -2.23. The molecule has 1 fully saturated rings. The van der Waals surface area contributed by atoms with E-state index in [0.29, 0.717) is 0 Å². The Hall–Kier alpha value is 0.410.